The van der Waals surface area contributed by atoms with Crippen molar-refractivity contribution in [2.24, 2.45) is 0 Å². The molecule has 0 aromatic carbocycles. The van der Waals surface area contributed by atoms with Crippen molar-refractivity contribution < 1.29 is 23.1 Å². The number of Topliss-reactive ketones (excluding diaryl/α,β-unsaturated/α-hetero) is 1. The maximum Gasteiger partial charge on any atom is 0.405 e. The first-order valence-corrected chi connectivity index (χ1v) is 4.51. The third-order valence-electron chi connectivity index (χ3n) is 1.71. The van der Waals surface area contributed by atoms with Crippen molar-refractivity contribution in [3.05, 3.63) is 30.1 Å². The lowest BCUT2D eigenvalue weighted by molar-refractivity contribution is -0.164. The summed E-state index contributed by atoms with van der Waals surface area (Å²) in [5.41, 5.74) is -0.472. The number of pyridine rings is 1. The molecule has 1 aromatic heterocycles. The first kappa shape index (κ1) is 12.2. The Kier molecular flexibility index (Phi) is 3.65. The smallest absolute Gasteiger partial charge is 0.405 e. The molecule has 0 aliphatic rings. The summed E-state index contributed by atoms with van der Waals surface area (Å²) in [5.74, 6) is -7.71. The van der Waals surface area contributed by atoms with E-state index in [1.165, 1.54) is 25.3 Å². The molecule has 0 unspecified atom stereocenters. The minimum atomic E-state index is -4.19. The molecular formula is C10H9F2NO3. The minimum absolute atomic E-state index is 0.218. The molecule has 0 amide bonds. The van der Waals surface area contributed by atoms with E-state index in [1.54, 1.807) is 0 Å². The van der Waals surface area contributed by atoms with E-state index in [1.807, 2.05) is 0 Å². The molecule has 4 nitrogen and oxygen atoms in total. The third-order valence-corrected chi connectivity index (χ3v) is 1.71. The van der Waals surface area contributed by atoms with Crippen molar-refractivity contribution in [3.63, 3.8) is 0 Å². The molecule has 6 heteroatoms. The molecular weight excluding hydrogens is 220 g/mol. The molecule has 0 bridgehead atoms. The Morgan fingerprint density at radius 3 is 2.62 bits per heavy atom. The summed E-state index contributed by atoms with van der Waals surface area (Å²) in [6, 6.07) is 3.95. The number of ether oxygens (including phenoxy) is 1. The summed E-state index contributed by atoms with van der Waals surface area (Å²) in [4.78, 5) is 25.6. The van der Waals surface area contributed by atoms with E-state index < -0.39 is 23.4 Å². The van der Waals surface area contributed by atoms with Gasteiger partial charge >= 0.3 is 11.9 Å². The van der Waals surface area contributed by atoms with Crippen molar-refractivity contribution in [1.82, 2.24) is 4.98 Å². The van der Waals surface area contributed by atoms with Crippen molar-refractivity contribution >= 4 is 11.8 Å². The van der Waals surface area contributed by atoms with Gasteiger partial charge < -0.3 is 4.74 Å². The second-order valence-electron chi connectivity index (χ2n) is 2.84. The topological polar surface area (TPSA) is 56.3 Å². The maximum atomic E-state index is 13.2. The fourth-order valence-corrected chi connectivity index (χ4v) is 0.972. The normalized spacial score (nSPS) is 10.9. The number of ketones is 1. The van der Waals surface area contributed by atoms with Crippen LogP contribution in [0, 0.1) is 0 Å². The van der Waals surface area contributed by atoms with Crippen molar-refractivity contribution in [1.29, 1.82) is 0 Å². The summed E-state index contributed by atoms with van der Waals surface area (Å²) in [7, 11) is 0. The van der Waals surface area contributed by atoms with E-state index in [0.717, 1.165) is 6.07 Å². The molecule has 16 heavy (non-hydrogen) atoms. The molecule has 86 valence electrons. The first-order valence-electron chi connectivity index (χ1n) is 4.51. The van der Waals surface area contributed by atoms with Gasteiger partial charge in [-0.05, 0) is 19.1 Å². The van der Waals surface area contributed by atoms with Crippen LogP contribution in [0.25, 0.3) is 0 Å². The molecule has 1 aromatic rings. The van der Waals surface area contributed by atoms with Crippen LogP contribution < -0.4 is 0 Å². The summed E-state index contributed by atoms with van der Waals surface area (Å²) < 4.78 is 30.6. The Morgan fingerprint density at radius 1 is 1.44 bits per heavy atom. The van der Waals surface area contributed by atoms with Crippen LogP contribution in [0.2, 0.25) is 0 Å². The average molecular weight is 229 g/mol. The van der Waals surface area contributed by atoms with Crippen LogP contribution in [0.4, 0.5) is 8.78 Å². The van der Waals surface area contributed by atoms with Gasteiger partial charge in [0.05, 0.1) is 6.61 Å². The zero-order chi connectivity index (χ0) is 12.2. The number of esters is 1. The number of rotatable bonds is 4. The van der Waals surface area contributed by atoms with Crippen LogP contribution in [0.3, 0.4) is 0 Å². The number of hydrogen-bond acceptors (Lipinski definition) is 4. The molecule has 0 atom stereocenters. The van der Waals surface area contributed by atoms with Gasteiger partial charge in [0.15, 0.2) is 0 Å². The summed E-state index contributed by atoms with van der Waals surface area (Å²) >= 11 is 0. The van der Waals surface area contributed by atoms with Gasteiger partial charge in [-0.3, -0.25) is 9.78 Å². The highest BCUT2D eigenvalue weighted by molar-refractivity contribution is 6.12. The second-order valence-corrected chi connectivity index (χ2v) is 2.84. The number of hydrogen-bond donors (Lipinski definition) is 0. The Balaban J connectivity index is 2.92. The number of halogens is 2. The van der Waals surface area contributed by atoms with E-state index in [4.69, 9.17) is 0 Å². The molecule has 0 spiro atoms. The van der Waals surface area contributed by atoms with Crippen LogP contribution in [-0.2, 0) is 9.53 Å². The van der Waals surface area contributed by atoms with Gasteiger partial charge in [0.1, 0.15) is 5.69 Å². The largest absolute Gasteiger partial charge is 0.461 e. The summed E-state index contributed by atoms with van der Waals surface area (Å²) in [5, 5.41) is 0. The quantitative estimate of drug-likeness (QED) is 0.445. The highest BCUT2D eigenvalue weighted by Crippen LogP contribution is 2.20. The van der Waals surface area contributed by atoms with Gasteiger partial charge in [0, 0.05) is 6.20 Å². The maximum absolute atomic E-state index is 13.2. The number of carbonyl (C=O) groups is 2. The van der Waals surface area contributed by atoms with Gasteiger partial charge in [0.25, 0.3) is 5.78 Å². The molecule has 0 saturated carbocycles. The molecule has 1 rings (SSSR count). The van der Waals surface area contributed by atoms with E-state index >= 15 is 0 Å². The highest BCUT2D eigenvalue weighted by atomic mass is 19.3. The summed E-state index contributed by atoms with van der Waals surface area (Å²) in [6.45, 7) is 1.16. The molecule has 0 N–H and O–H groups in total. The Morgan fingerprint density at radius 2 is 2.12 bits per heavy atom. The molecule has 0 saturated heterocycles. The van der Waals surface area contributed by atoms with Crippen LogP contribution in [0.1, 0.15) is 17.4 Å². The van der Waals surface area contributed by atoms with Crippen LogP contribution in [-0.4, -0.2) is 29.3 Å². The lowest BCUT2D eigenvalue weighted by atomic mass is 10.1. The third kappa shape index (κ3) is 2.39. The zero-order valence-corrected chi connectivity index (χ0v) is 8.44. The van der Waals surface area contributed by atoms with E-state index in [-0.39, 0.29) is 6.61 Å². The van der Waals surface area contributed by atoms with Gasteiger partial charge in [0.2, 0.25) is 0 Å². The first-order chi connectivity index (χ1) is 7.50. The van der Waals surface area contributed by atoms with Crippen LogP contribution >= 0.6 is 0 Å². The van der Waals surface area contributed by atoms with Crippen LogP contribution in [0.15, 0.2) is 24.4 Å². The van der Waals surface area contributed by atoms with Crippen LogP contribution in [0.5, 0.6) is 0 Å². The lowest BCUT2D eigenvalue weighted by Gasteiger charge is -2.12. The van der Waals surface area contributed by atoms with Gasteiger partial charge in [-0.1, -0.05) is 6.07 Å². The fraction of sp³-hybridized carbons (Fsp3) is 0.300. The van der Waals surface area contributed by atoms with Gasteiger partial charge in [-0.15, -0.1) is 0 Å². The fourth-order valence-electron chi connectivity index (χ4n) is 0.972. The standard InChI is InChI=1S/C10H9F2NO3/c1-2-16-9(15)10(11,12)8(14)7-5-3-4-6-13-7/h3-6H,2H2,1H3. The molecule has 1 heterocycles. The second kappa shape index (κ2) is 4.78. The number of nitrogens with zero attached hydrogens (tertiary/aromatic N) is 1. The average Bonchev–Trinajstić information content (AvgIpc) is 2.29. The number of aromatic nitrogens is 1. The Bertz CT molecular complexity index is 392. The van der Waals surface area contributed by atoms with Gasteiger partial charge in [-0.25, -0.2) is 4.79 Å². The number of alkyl halides is 2. The molecule has 0 aliphatic heterocycles. The number of carbonyl (C=O) groups excluding carboxylic acids is 2. The monoisotopic (exact) mass is 229 g/mol. The predicted molar refractivity (Wildman–Crippen MR) is 50.1 cm³/mol. The van der Waals surface area contributed by atoms with E-state index in [2.05, 4.69) is 9.72 Å². The minimum Gasteiger partial charge on any atom is -0.461 e. The van der Waals surface area contributed by atoms with Gasteiger partial charge in [-0.2, -0.15) is 8.78 Å². The summed E-state index contributed by atoms with van der Waals surface area (Å²) in [6.07, 6.45) is 1.19. The highest BCUT2D eigenvalue weighted by Gasteiger charge is 2.49. The predicted octanol–water partition coefficient (Wildman–Crippen LogP) is 1.46. The van der Waals surface area contributed by atoms with Crippen molar-refractivity contribution in [2.45, 2.75) is 12.8 Å². The molecule has 0 aliphatic carbocycles. The van der Waals surface area contributed by atoms with E-state index in [0.29, 0.717) is 0 Å². The van der Waals surface area contributed by atoms with Crippen molar-refractivity contribution in [2.75, 3.05) is 6.61 Å². The Labute approximate surface area is 90.2 Å². The SMILES string of the molecule is CCOC(=O)C(F)(F)C(=O)c1ccccn1. The zero-order valence-electron chi connectivity index (χ0n) is 8.44. The molecule has 0 fully saturated rings. The lowest BCUT2D eigenvalue weighted by Crippen LogP contribution is -2.39. The van der Waals surface area contributed by atoms with Crippen molar-refractivity contribution in [3.8, 4) is 0 Å². The van der Waals surface area contributed by atoms with E-state index in [9.17, 15) is 18.4 Å². The Hall–Kier alpha value is -1.85. The molecule has 0 radical (unpaired) electrons.